The highest BCUT2D eigenvalue weighted by Crippen LogP contribution is 2.30. The first-order valence-corrected chi connectivity index (χ1v) is 9.35. The molecule has 0 saturated heterocycles. The van der Waals surface area contributed by atoms with E-state index in [-0.39, 0.29) is 17.1 Å². The molecule has 27 heavy (non-hydrogen) atoms. The minimum absolute atomic E-state index is 0.110. The van der Waals surface area contributed by atoms with Crippen molar-refractivity contribution in [2.24, 2.45) is 0 Å². The van der Waals surface area contributed by atoms with E-state index in [1.165, 1.54) is 57.7 Å². The van der Waals surface area contributed by atoms with Gasteiger partial charge in [0.1, 0.15) is 22.2 Å². The number of hydrogen-bond donors (Lipinski definition) is 1. The predicted octanol–water partition coefficient (Wildman–Crippen LogP) is 2.43. The van der Waals surface area contributed by atoms with Crippen molar-refractivity contribution in [1.82, 2.24) is 4.72 Å². The molecule has 146 valence electrons. The van der Waals surface area contributed by atoms with Crippen LogP contribution in [0.2, 0.25) is 0 Å². The number of halogens is 1. The molecule has 0 aromatic heterocycles. The fourth-order valence-corrected chi connectivity index (χ4v) is 3.83. The number of hydrogen-bond acceptors (Lipinski definition) is 6. The third-order valence-electron chi connectivity index (χ3n) is 3.83. The largest absolute Gasteiger partial charge is 0.497 e. The predicted molar refractivity (Wildman–Crippen MR) is 95.6 cm³/mol. The summed E-state index contributed by atoms with van der Waals surface area (Å²) in [7, 11) is -0.158. The molecule has 0 amide bonds. The number of carbonyl (C=O) groups is 1. The van der Waals surface area contributed by atoms with Crippen LogP contribution in [-0.2, 0) is 19.6 Å². The SMILES string of the molecule is COC(=O)C[C@@H](NS(=O)(=O)c1cc(OC)ccc1OC)c1ccc(F)cc1. The van der Waals surface area contributed by atoms with Crippen molar-refractivity contribution < 1.29 is 31.8 Å². The van der Waals surface area contributed by atoms with Gasteiger partial charge in [-0.05, 0) is 29.8 Å². The Hall–Kier alpha value is -2.65. The average Bonchev–Trinajstić information content (AvgIpc) is 2.67. The van der Waals surface area contributed by atoms with E-state index >= 15 is 0 Å². The number of benzene rings is 2. The van der Waals surface area contributed by atoms with Crippen molar-refractivity contribution in [2.75, 3.05) is 21.3 Å². The van der Waals surface area contributed by atoms with E-state index in [1.807, 2.05) is 0 Å². The monoisotopic (exact) mass is 397 g/mol. The van der Waals surface area contributed by atoms with Gasteiger partial charge >= 0.3 is 5.97 Å². The molecule has 2 rings (SSSR count). The lowest BCUT2D eigenvalue weighted by Gasteiger charge is -2.19. The maximum atomic E-state index is 13.2. The molecule has 0 aliphatic rings. The lowest BCUT2D eigenvalue weighted by atomic mass is 10.1. The molecule has 0 radical (unpaired) electrons. The zero-order chi connectivity index (χ0) is 20.0. The fourth-order valence-electron chi connectivity index (χ4n) is 2.42. The summed E-state index contributed by atoms with van der Waals surface area (Å²) in [6.45, 7) is 0. The fraction of sp³-hybridized carbons (Fsp3) is 0.278. The maximum absolute atomic E-state index is 13.2. The van der Waals surface area contributed by atoms with E-state index in [9.17, 15) is 17.6 Å². The maximum Gasteiger partial charge on any atom is 0.307 e. The number of sulfonamides is 1. The molecule has 7 nitrogen and oxygen atoms in total. The summed E-state index contributed by atoms with van der Waals surface area (Å²) in [5.41, 5.74) is 0.409. The molecule has 2 aromatic rings. The Labute approximate surface area is 157 Å². The van der Waals surface area contributed by atoms with Crippen LogP contribution in [0.5, 0.6) is 11.5 Å². The zero-order valence-corrected chi connectivity index (χ0v) is 15.9. The molecule has 0 saturated carbocycles. The van der Waals surface area contributed by atoms with Gasteiger partial charge in [-0.15, -0.1) is 0 Å². The molecular weight excluding hydrogens is 377 g/mol. The van der Waals surface area contributed by atoms with E-state index < -0.39 is 27.9 Å². The Kier molecular flexibility index (Phi) is 6.75. The summed E-state index contributed by atoms with van der Waals surface area (Å²) in [5, 5.41) is 0. The highest BCUT2D eigenvalue weighted by molar-refractivity contribution is 7.89. The average molecular weight is 397 g/mol. The van der Waals surface area contributed by atoms with Gasteiger partial charge in [0.25, 0.3) is 0 Å². The van der Waals surface area contributed by atoms with Crippen LogP contribution in [0.25, 0.3) is 0 Å². The van der Waals surface area contributed by atoms with Gasteiger partial charge in [0.15, 0.2) is 0 Å². The van der Waals surface area contributed by atoms with Gasteiger partial charge in [-0.3, -0.25) is 4.79 Å². The summed E-state index contributed by atoms with van der Waals surface area (Å²) in [5.74, 6) is -0.667. The van der Waals surface area contributed by atoms with Crippen LogP contribution in [0.4, 0.5) is 4.39 Å². The lowest BCUT2D eigenvalue weighted by molar-refractivity contribution is -0.141. The normalized spacial score (nSPS) is 12.3. The van der Waals surface area contributed by atoms with Crippen LogP contribution in [-0.4, -0.2) is 35.7 Å². The summed E-state index contributed by atoms with van der Waals surface area (Å²) in [4.78, 5) is 11.6. The van der Waals surface area contributed by atoms with E-state index in [4.69, 9.17) is 9.47 Å². The second kappa shape index (κ2) is 8.83. The molecule has 1 atom stereocenters. The number of ether oxygens (including phenoxy) is 3. The van der Waals surface area contributed by atoms with Gasteiger partial charge in [-0.1, -0.05) is 12.1 Å². The third-order valence-corrected chi connectivity index (χ3v) is 5.32. The first kappa shape index (κ1) is 20.7. The molecule has 2 aromatic carbocycles. The Morgan fingerprint density at radius 1 is 1.07 bits per heavy atom. The second-order valence-electron chi connectivity index (χ2n) is 5.52. The van der Waals surface area contributed by atoms with Crippen LogP contribution in [0.15, 0.2) is 47.4 Å². The lowest BCUT2D eigenvalue weighted by Crippen LogP contribution is -2.31. The quantitative estimate of drug-likeness (QED) is 0.688. The van der Waals surface area contributed by atoms with Crippen molar-refractivity contribution in [3.63, 3.8) is 0 Å². The van der Waals surface area contributed by atoms with E-state index in [2.05, 4.69) is 9.46 Å². The van der Waals surface area contributed by atoms with Gasteiger partial charge in [-0.2, -0.15) is 0 Å². The van der Waals surface area contributed by atoms with E-state index in [0.717, 1.165) is 0 Å². The van der Waals surface area contributed by atoms with Gasteiger partial charge in [0.2, 0.25) is 10.0 Å². The highest BCUT2D eigenvalue weighted by atomic mass is 32.2. The number of carbonyl (C=O) groups excluding carboxylic acids is 1. The first-order valence-electron chi connectivity index (χ1n) is 7.87. The minimum atomic E-state index is -4.10. The second-order valence-corrected chi connectivity index (χ2v) is 7.20. The Bertz CT molecular complexity index is 899. The number of nitrogens with one attached hydrogen (secondary N) is 1. The molecule has 9 heteroatoms. The number of esters is 1. The molecule has 0 heterocycles. The van der Waals surface area contributed by atoms with Crippen LogP contribution in [0.1, 0.15) is 18.0 Å². The topological polar surface area (TPSA) is 90.9 Å². The third kappa shape index (κ3) is 5.18. The summed E-state index contributed by atoms with van der Waals surface area (Å²) in [6.07, 6.45) is -0.270. The molecule has 1 N–H and O–H groups in total. The van der Waals surface area contributed by atoms with Crippen molar-refractivity contribution in [3.8, 4) is 11.5 Å². The molecule has 0 unspecified atom stereocenters. The summed E-state index contributed by atoms with van der Waals surface area (Å²) < 4.78 is 56.3. The Morgan fingerprint density at radius 2 is 1.74 bits per heavy atom. The highest BCUT2D eigenvalue weighted by Gasteiger charge is 2.27. The van der Waals surface area contributed by atoms with Crippen molar-refractivity contribution in [3.05, 3.63) is 53.8 Å². The summed E-state index contributed by atoms with van der Waals surface area (Å²) >= 11 is 0. The van der Waals surface area contributed by atoms with Crippen LogP contribution in [0, 0.1) is 5.82 Å². The number of rotatable bonds is 8. The van der Waals surface area contributed by atoms with Crippen molar-refractivity contribution in [1.29, 1.82) is 0 Å². The molecular formula is C18H20FNO6S. The molecule has 0 bridgehead atoms. The minimum Gasteiger partial charge on any atom is -0.497 e. The first-order chi connectivity index (χ1) is 12.8. The smallest absolute Gasteiger partial charge is 0.307 e. The zero-order valence-electron chi connectivity index (χ0n) is 15.1. The van der Waals surface area contributed by atoms with Crippen molar-refractivity contribution >= 4 is 16.0 Å². The van der Waals surface area contributed by atoms with Gasteiger partial charge in [-0.25, -0.2) is 17.5 Å². The Balaban J connectivity index is 2.43. The van der Waals surface area contributed by atoms with Gasteiger partial charge in [0.05, 0.1) is 33.8 Å². The van der Waals surface area contributed by atoms with Crippen LogP contribution < -0.4 is 14.2 Å². The molecule has 0 aliphatic carbocycles. The van der Waals surface area contributed by atoms with Gasteiger partial charge < -0.3 is 14.2 Å². The van der Waals surface area contributed by atoms with Crippen molar-refractivity contribution in [2.45, 2.75) is 17.4 Å². The van der Waals surface area contributed by atoms with Crippen LogP contribution >= 0.6 is 0 Å². The van der Waals surface area contributed by atoms with E-state index in [0.29, 0.717) is 11.3 Å². The summed E-state index contributed by atoms with van der Waals surface area (Å²) in [6, 6.07) is 8.52. The number of methoxy groups -OCH3 is 3. The Morgan fingerprint density at radius 3 is 2.30 bits per heavy atom. The van der Waals surface area contributed by atoms with Gasteiger partial charge in [0, 0.05) is 6.07 Å². The van der Waals surface area contributed by atoms with E-state index in [1.54, 1.807) is 6.07 Å². The molecule has 0 fully saturated rings. The molecule has 0 aliphatic heterocycles. The van der Waals surface area contributed by atoms with Crippen LogP contribution in [0.3, 0.4) is 0 Å². The standard InChI is InChI=1S/C18H20FNO6S/c1-24-14-8-9-16(25-2)17(10-14)27(22,23)20-15(11-18(21)26-3)12-4-6-13(19)7-5-12/h4-10,15,20H,11H2,1-3H3/t15-/m1/s1. The molecule has 0 spiro atoms.